The van der Waals surface area contributed by atoms with Gasteiger partial charge in [-0.15, -0.1) is 0 Å². The number of rotatable bonds is 11. The summed E-state index contributed by atoms with van der Waals surface area (Å²) in [6.45, 7) is -0.269. The zero-order valence-electron chi connectivity index (χ0n) is 24.7. The van der Waals surface area contributed by atoms with Crippen LogP contribution in [-0.2, 0) is 23.2 Å². The van der Waals surface area contributed by atoms with Crippen molar-refractivity contribution in [1.82, 2.24) is 20.2 Å². The summed E-state index contributed by atoms with van der Waals surface area (Å²) < 4.78 is 18.5. The van der Waals surface area contributed by atoms with Crippen molar-refractivity contribution in [2.75, 3.05) is 39.8 Å². The van der Waals surface area contributed by atoms with E-state index in [1.807, 2.05) is 19.2 Å². The molecule has 230 valence electrons. The Morgan fingerprint density at radius 3 is 2.52 bits per heavy atom. The number of anilines is 1. The van der Waals surface area contributed by atoms with Gasteiger partial charge in [-0.25, -0.2) is 0 Å². The Labute approximate surface area is 264 Å². The van der Waals surface area contributed by atoms with Gasteiger partial charge < -0.3 is 29.7 Å². The molecule has 2 N–H and O–H groups in total. The Kier molecular flexibility index (Phi) is 10.4. The highest BCUT2D eigenvalue weighted by molar-refractivity contribution is 6.38. The van der Waals surface area contributed by atoms with E-state index in [1.54, 1.807) is 61.2 Å². The summed E-state index contributed by atoms with van der Waals surface area (Å²) in [5, 5.41) is 5.71. The van der Waals surface area contributed by atoms with Crippen LogP contribution in [0.2, 0.25) is 10.0 Å². The molecule has 3 aromatic carbocycles. The van der Waals surface area contributed by atoms with E-state index in [-0.39, 0.29) is 24.1 Å². The van der Waals surface area contributed by atoms with Gasteiger partial charge in [0.2, 0.25) is 11.8 Å². The molecule has 4 rings (SSSR count). The predicted molar refractivity (Wildman–Crippen MR) is 170 cm³/mol. The largest absolute Gasteiger partial charge is 0.496 e. The van der Waals surface area contributed by atoms with Crippen molar-refractivity contribution in [1.29, 1.82) is 0 Å². The Hall–Kier alpha value is -4.74. The number of aryl methyl sites for hydroxylation is 1. The molecule has 0 atom stereocenters. The normalized spacial score (nSPS) is 11.0. The van der Waals surface area contributed by atoms with Crippen LogP contribution >= 0.6 is 23.2 Å². The highest BCUT2D eigenvalue weighted by Gasteiger charge is 2.20. The zero-order valence-corrected chi connectivity index (χ0v) is 26.2. The van der Waals surface area contributed by atoms with Crippen LogP contribution in [0.1, 0.15) is 21.5 Å². The van der Waals surface area contributed by atoms with Crippen LogP contribution < -0.4 is 29.7 Å². The number of amides is 3. The lowest BCUT2D eigenvalue weighted by Crippen LogP contribution is -2.37. The first kappa shape index (κ1) is 32.2. The van der Waals surface area contributed by atoms with Crippen molar-refractivity contribution in [2.24, 2.45) is 7.05 Å². The molecule has 0 fully saturated rings. The van der Waals surface area contributed by atoms with Crippen molar-refractivity contribution in [2.45, 2.75) is 6.61 Å². The molecule has 44 heavy (non-hydrogen) atoms. The summed E-state index contributed by atoms with van der Waals surface area (Å²) >= 11 is 13.2. The lowest BCUT2D eigenvalue weighted by Gasteiger charge is -2.21. The highest BCUT2D eigenvalue weighted by atomic mass is 35.5. The third-order valence-corrected chi connectivity index (χ3v) is 7.60. The van der Waals surface area contributed by atoms with Gasteiger partial charge in [-0.2, -0.15) is 4.98 Å². The fourth-order valence-electron chi connectivity index (χ4n) is 4.37. The van der Waals surface area contributed by atoms with Gasteiger partial charge in [-0.1, -0.05) is 35.3 Å². The second kappa shape index (κ2) is 14.2. The van der Waals surface area contributed by atoms with E-state index in [9.17, 15) is 14.4 Å². The molecule has 0 aliphatic rings. The number of likely N-dealkylation sites (N-methyl/N-ethyl adjacent to an activating group) is 1. The van der Waals surface area contributed by atoms with Gasteiger partial charge in [0.05, 0.1) is 42.6 Å². The number of methoxy groups -OCH3 is 2. The lowest BCUT2D eigenvalue weighted by molar-refractivity contribution is -0.122. The number of hydrogen-bond donors (Lipinski definition) is 2. The Balaban J connectivity index is 1.41. The van der Waals surface area contributed by atoms with E-state index in [2.05, 4.69) is 15.6 Å². The predicted octanol–water partition coefficient (Wildman–Crippen LogP) is 4.63. The molecule has 13 heteroatoms. The number of benzene rings is 3. The van der Waals surface area contributed by atoms with E-state index >= 15 is 0 Å². The van der Waals surface area contributed by atoms with Gasteiger partial charge in [-0.05, 0) is 48.0 Å². The summed E-state index contributed by atoms with van der Waals surface area (Å²) in [6, 6.07) is 14.1. The second-order valence-electron chi connectivity index (χ2n) is 9.47. The molecule has 0 saturated heterocycles. The first-order chi connectivity index (χ1) is 21.1. The minimum absolute atomic E-state index is 0.0158. The third kappa shape index (κ3) is 6.90. The molecule has 0 spiro atoms. The number of fused-ring (bicyclic) bond motifs is 1. The number of carbonyl (C=O) groups excluding carboxylic acids is 3. The number of imidazole rings is 1. The number of hydrogen-bond acceptors (Lipinski definition) is 7. The maximum absolute atomic E-state index is 13.0. The summed E-state index contributed by atoms with van der Waals surface area (Å²) in [4.78, 5) is 43.2. The molecule has 0 aliphatic heterocycles. The van der Waals surface area contributed by atoms with Gasteiger partial charge >= 0.3 is 0 Å². The van der Waals surface area contributed by atoms with Crippen molar-refractivity contribution in [3.05, 3.63) is 81.3 Å². The van der Waals surface area contributed by atoms with Crippen LogP contribution in [-0.4, -0.2) is 62.1 Å². The standard InChI is InChI=1S/C31H31Cl2N5O6/c1-34-30(41)19-11-9-18(15-25(19)42-4)10-14-26(39)35-16-27(40)37(2)22-13-12-21(32)20(28(22)33)17-44-24-8-6-7-23-29(24)36-31(43-5)38(23)3/h6-15H,16-17H2,1-5H3,(H,34,41)(H,35,39)/b14-10+. The van der Waals surface area contributed by atoms with E-state index < -0.39 is 11.8 Å². The molecule has 0 radical (unpaired) electrons. The van der Waals surface area contributed by atoms with Crippen molar-refractivity contribution >= 4 is 63.7 Å². The molecule has 3 amide bonds. The van der Waals surface area contributed by atoms with E-state index in [0.29, 0.717) is 50.4 Å². The topological polar surface area (TPSA) is 124 Å². The lowest BCUT2D eigenvalue weighted by atomic mass is 10.1. The molecule has 0 saturated carbocycles. The van der Waals surface area contributed by atoms with Crippen LogP contribution in [0.3, 0.4) is 0 Å². The molecular weight excluding hydrogens is 609 g/mol. The fourth-order valence-corrected chi connectivity index (χ4v) is 4.98. The smallest absolute Gasteiger partial charge is 0.296 e. The molecule has 0 unspecified atom stereocenters. The quantitative estimate of drug-likeness (QED) is 0.229. The summed E-state index contributed by atoms with van der Waals surface area (Å²) in [5.74, 6) is -0.314. The molecule has 0 bridgehead atoms. The zero-order chi connectivity index (χ0) is 32.0. The number of aromatic nitrogens is 2. The summed E-state index contributed by atoms with van der Waals surface area (Å²) in [6.07, 6.45) is 2.83. The van der Waals surface area contributed by atoms with Crippen molar-refractivity contribution < 1.29 is 28.6 Å². The monoisotopic (exact) mass is 639 g/mol. The van der Waals surface area contributed by atoms with Crippen LogP contribution in [0, 0.1) is 0 Å². The van der Waals surface area contributed by atoms with Gasteiger partial charge in [0.15, 0.2) is 0 Å². The number of para-hydroxylation sites is 1. The Bertz CT molecular complexity index is 1750. The first-order valence-electron chi connectivity index (χ1n) is 13.3. The van der Waals surface area contributed by atoms with E-state index in [1.165, 1.54) is 25.1 Å². The summed E-state index contributed by atoms with van der Waals surface area (Å²) in [7, 11) is 7.90. The number of carbonyl (C=O) groups is 3. The Morgan fingerprint density at radius 1 is 1.05 bits per heavy atom. The average Bonchev–Trinajstić information content (AvgIpc) is 3.37. The minimum Gasteiger partial charge on any atom is -0.496 e. The van der Waals surface area contributed by atoms with Gasteiger partial charge in [0.25, 0.3) is 11.9 Å². The van der Waals surface area contributed by atoms with Crippen molar-refractivity contribution in [3.8, 4) is 17.5 Å². The van der Waals surface area contributed by atoms with Gasteiger partial charge in [0, 0.05) is 37.8 Å². The fraction of sp³-hybridized carbons (Fsp3) is 0.226. The minimum atomic E-state index is -0.488. The second-order valence-corrected chi connectivity index (χ2v) is 10.3. The van der Waals surface area contributed by atoms with Gasteiger partial charge in [-0.3, -0.25) is 19.0 Å². The number of ether oxygens (including phenoxy) is 3. The molecule has 1 aromatic heterocycles. The molecule has 0 aliphatic carbocycles. The van der Waals surface area contributed by atoms with Crippen LogP contribution in [0.15, 0.2) is 54.6 Å². The SMILES string of the molecule is CNC(=O)c1ccc(/C=C/C(=O)NCC(=O)N(C)c2ccc(Cl)c(COc3cccc4c3nc(OC)n4C)c2Cl)cc1OC. The third-order valence-electron chi connectivity index (χ3n) is 6.83. The molecule has 1 heterocycles. The van der Waals surface area contributed by atoms with Gasteiger partial charge in [0.1, 0.15) is 23.6 Å². The Morgan fingerprint density at radius 2 is 1.82 bits per heavy atom. The molecule has 4 aromatic rings. The van der Waals surface area contributed by atoms with Crippen molar-refractivity contribution in [3.63, 3.8) is 0 Å². The number of halogens is 2. The van der Waals surface area contributed by atoms with Crippen LogP contribution in [0.5, 0.6) is 17.5 Å². The maximum atomic E-state index is 13.0. The maximum Gasteiger partial charge on any atom is 0.296 e. The molecule has 11 nitrogen and oxygen atoms in total. The molecular formula is C31H31Cl2N5O6. The summed E-state index contributed by atoms with van der Waals surface area (Å²) in [5.41, 5.74) is 3.32. The number of nitrogens with zero attached hydrogens (tertiary/aromatic N) is 3. The number of nitrogens with one attached hydrogen (secondary N) is 2. The first-order valence-corrected chi connectivity index (χ1v) is 14.1. The van der Waals surface area contributed by atoms with E-state index in [0.717, 1.165) is 5.52 Å². The van der Waals surface area contributed by atoms with E-state index in [4.69, 9.17) is 37.4 Å². The average molecular weight is 641 g/mol. The van der Waals surface area contributed by atoms with Crippen LogP contribution in [0.4, 0.5) is 5.69 Å². The highest BCUT2D eigenvalue weighted by Crippen LogP contribution is 2.36. The van der Waals surface area contributed by atoms with Crippen LogP contribution in [0.25, 0.3) is 17.1 Å².